The minimum atomic E-state index is -4.73. The molecule has 0 fully saturated rings. The van der Waals surface area contributed by atoms with E-state index in [1.165, 1.54) is 12.1 Å². The summed E-state index contributed by atoms with van der Waals surface area (Å²) in [6.45, 7) is -0.148. The molecule has 0 bridgehead atoms. The highest BCUT2D eigenvalue weighted by molar-refractivity contribution is 7.98. The Morgan fingerprint density at radius 3 is 2.50 bits per heavy atom. The molecule has 8 heteroatoms. The molecule has 0 saturated heterocycles. The van der Waals surface area contributed by atoms with Crippen molar-refractivity contribution in [3.8, 4) is 5.75 Å². The fourth-order valence-corrected chi connectivity index (χ4v) is 2.26. The van der Waals surface area contributed by atoms with E-state index in [0.29, 0.717) is 12.0 Å². The summed E-state index contributed by atoms with van der Waals surface area (Å²) in [5.74, 6) is 0.198. The van der Waals surface area contributed by atoms with Gasteiger partial charge in [0.1, 0.15) is 5.75 Å². The van der Waals surface area contributed by atoms with Crippen molar-refractivity contribution in [1.82, 2.24) is 5.32 Å². The fraction of sp³-hybridized carbons (Fsp3) is 0.500. The third-order valence-corrected chi connectivity index (χ3v) is 3.42. The van der Waals surface area contributed by atoms with Crippen LogP contribution in [0.4, 0.5) is 13.2 Å². The van der Waals surface area contributed by atoms with Crippen molar-refractivity contribution < 1.29 is 27.8 Å². The van der Waals surface area contributed by atoms with Gasteiger partial charge in [0.05, 0.1) is 19.1 Å². The number of hydrogen-bond acceptors (Lipinski definition) is 4. The quantitative estimate of drug-likeness (QED) is 0.765. The van der Waals surface area contributed by atoms with E-state index in [4.69, 9.17) is 5.11 Å². The number of ether oxygens (including phenoxy) is 1. The zero-order valence-corrected chi connectivity index (χ0v) is 12.8. The van der Waals surface area contributed by atoms with E-state index >= 15 is 0 Å². The van der Waals surface area contributed by atoms with Gasteiger partial charge in [-0.3, -0.25) is 4.79 Å². The van der Waals surface area contributed by atoms with Crippen molar-refractivity contribution in [3.05, 3.63) is 29.8 Å². The molecule has 0 heterocycles. The van der Waals surface area contributed by atoms with E-state index < -0.39 is 6.36 Å². The van der Waals surface area contributed by atoms with Crippen LogP contribution in [-0.2, 0) is 11.2 Å². The number of hydrogen-bond donors (Lipinski definition) is 2. The Hall–Kier alpha value is -1.41. The van der Waals surface area contributed by atoms with E-state index in [1.54, 1.807) is 11.8 Å². The number of carbonyl (C=O) groups is 1. The summed E-state index contributed by atoms with van der Waals surface area (Å²) >= 11 is 1.61. The first-order valence-corrected chi connectivity index (χ1v) is 7.97. The first kappa shape index (κ1) is 18.6. The predicted molar refractivity (Wildman–Crippen MR) is 78.8 cm³/mol. The number of aliphatic hydroxyl groups is 1. The van der Waals surface area contributed by atoms with Crippen molar-refractivity contribution in [2.75, 3.05) is 18.6 Å². The van der Waals surface area contributed by atoms with Gasteiger partial charge < -0.3 is 15.2 Å². The lowest BCUT2D eigenvalue weighted by molar-refractivity contribution is -0.274. The first-order valence-electron chi connectivity index (χ1n) is 6.58. The zero-order chi connectivity index (χ0) is 16.6. The summed E-state index contributed by atoms with van der Waals surface area (Å²) in [7, 11) is 0. The smallest absolute Gasteiger partial charge is 0.406 e. The molecule has 0 aliphatic heterocycles. The predicted octanol–water partition coefficient (Wildman–Crippen LogP) is 2.36. The van der Waals surface area contributed by atoms with E-state index in [1.807, 2.05) is 6.26 Å². The van der Waals surface area contributed by atoms with Crippen molar-refractivity contribution in [3.63, 3.8) is 0 Å². The number of aliphatic hydroxyl groups excluding tert-OH is 1. The molecule has 0 unspecified atom stereocenters. The summed E-state index contributed by atoms with van der Waals surface area (Å²) in [5, 5.41) is 11.9. The molecule has 1 aromatic rings. The van der Waals surface area contributed by atoms with Crippen LogP contribution in [0.5, 0.6) is 5.75 Å². The van der Waals surface area contributed by atoms with Crippen molar-refractivity contribution in [1.29, 1.82) is 0 Å². The molecule has 1 aromatic carbocycles. The molecule has 2 N–H and O–H groups in total. The number of amides is 1. The van der Waals surface area contributed by atoms with Gasteiger partial charge in [-0.2, -0.15) is 11.8 Å². The lowest BCUT2D eigenvalue weighted by atomic mass is 10.1. The number of rotatable bonds is 8. The van der Waals surface area contributed by atoms with Gasteiger partial charge >= 0.3 is 6.36 Å². The second-order valence-corrected chi connectivity index (χ2v) is 5.58. The molecular formula is C14H18F3NO3S. The normalized spacial score (nSPS) is 12.8. The number of carbonyl (C=O) groups excluding carboxylic acids is 1. The molecule has 22 heavy (non-hydrogen) atoms. The molecule has 124 valence electrons. The summed E-state index contributed by atoms with van der Waals surface area (Å²) in [6.07, 6.45) is -2.12. The van der Waals surface area contributed by atoms with Crippen LogP contribution in [0.25, 0.3) is 0 Å². The molecule has 0 spiro atoms. The van der Waals surface area contributed by atoms with Crippen LogP contribution in [0.1, 0.15) is 12.0 Å². The van der Waals surface area contributed by atoms with Gasteiger partial charge in [-0.25, -0.2) is 0 Å². The maximum atomic E-state index is 12.0. The van der Waals surface area contributed by atoms with Crippen molar-refractivity contribution in [2.45, 2.75) is 25.2 Å². The van der Waals surface area contributed by atoms with Gasteiger partial charge in [-0.05, 0) is 36.1 Å². The maximum Gasteiger partial charge on any atom is 0.573 e. The van der Waals surface area contributed by atoms with Gasteiger partial charge in [-0.15, -0.1) is 13.2 Å². The van der Waals surface area contributed by atoms with E-state index in [9.17, 15) is 18.0 Å². The van der Waals surface area contributed by atoms with E-state index in [0.717, 1.165) is 17.9 Å². The lowest BCUT2D eigenvalue weighted by Crippen LogP contribution is -2.38. The van der Waals surface area contributed by atoms with Crippen LogP contribution in [-0.4, -0.2) is 42.0 Å². The molecular weight excluding hydrogens is 319 g/mol. The van der Waals surface area contributed by atoms with Crippen LogP contribution >= 0.6 is 11.8 Å². The number of alkyl halides is 3. The van der Waals surface area contributed by atoms with E-state index in [2.05, 4.69) is 10.1 Å². The standard InChI is InChI=1S/C14H18F3NO3S/c1-22-7-6-11(9-19)18-13(20)8-10-2-4-12(5-3-10)21-14(15,16)17/h2-5,11,19H,6-9H2,1H3,(H,18,20)/t11-/m1/s1. The third kappa shape index (κ3) is 7.56. The van der Waals surface area contributed by atoms with Crippen molar-refractivity contribution >= 4 is 17.7 Å². The molecule has 1 amide bonds. The Labute approximate surface area is 131 Å². The minimum Gasteiger partial charge on any atom is -0.406 e. The van der Waals surface area contributed by atoms with Crippen LogP contribution in [0.15, 0.2) is 24.3 Å². The summed E-state index contributed by atoms with van der Waals surface area (Å²) in [4.78, 5) is 11.8. The molecule has 0 aliphatic rings. The van der Waals surface area contributed by atoms with Crippen LogP contribution in [0, 0.1) is 0 Å². The minimum absolute atomic E-state index is 0.0298. The summed E-state index contributed by atoms with van der Waals surface area (Å²) < 4.78 is 39.8. The molecule has 0 saturated carbocycles. The van der Waals surface area contributed by atoms with Crippen LogP contribution < -0.4 is 10.1 Å². The lowest BCUT2D eigenvalue weighted by Gasteiger charge is -2.15. The van der Waals surface area contributed by atoms with Crippen LogP contribution in [0.3, 0.4) is 0 Å². The molecule has 1 rings (SSSR count). The van der Waals surface area contributed by atoms with E-state index in [-0.39, 0.29) is 30.7 Å². The topological polar surface area (TPSA) is 58.6 Å². The molecule has 4 nitrogen and oxygen atoms in total. The summed E-state index contributed by atoms with van der Waals surface area (Å²) in [5.41, 5.74) is 0.564. The van der Waals surface area contributed by atoms with Gasteiger partial charge in [0.15, 0.2) is 0 Å². The Morgan fingerprint density at radius 2 is 2.00 bits per heavy atom. The average molecular weight is 337 g/mol. The molecule has 0 aliphatic carbocycles. The first-order chi connectivity index (χ1) is 10.3. The van der Waals surface area contributed by atoms with Crippen LogP contribution in [0.2, 0.25) is 0 Å². The molecule has 1 atom stereocenters. The van der Waals surface area contributed by atoms with Gasteiger partial charge in [0.2, 0.25) is 5.91 Å². The molecule has 0 radical (unpaired) electrons. The highest BCUT2D eigenvalue weighted by atomic mass is 32.2. The monoisotopic (exact) mass is 337 g/mol. The SMILES string of the molecule is CSCC[C@H](CO)NC(=O)Cc1ccc(OC(F)(F)F)cc1. The maximum absolute atomic E-state index is 12.0. The number of benzene rings is 1. The second-order valence-electron chi connectivity index (χ2n) is 4.60. The average Bonchev–Trinajstić information content (AvgIpc) is 2.44. The van der Waals surface area contributed by atoms with Gasteiger partial charge in [0.25, 0.3) is 0 Å². The second kappa shape index (κ2) is 8.89. The highest BCUT2D eigenvalue weighted by Gasteiger charge is 2.30. The number of thioether (sulfide) groups is 1. The van der Waals surface area contributed by atoms with Gasteiger partial charge in [-0.1, -0.05) is 12.1 Å². The third-order valence-electron chi connectivity index (χ3n) is 2.78. The fourth-order valence-electron chi connectivity index (χ4n) is 1.74. The largest absolute Gasteiger partial charge is 0.573 e. The number of nitrogens with one attached hydrogen (secondary N) is 1. The Kier molecular flexibility index (Phi) is 7.53. The van der Waals surface area contributed by atoms with Gasteiger partial charge in [0, 0.05) is 0 Å². The zero-order valence-electron chi connectivity index (χ0n) is 12.0. The summed E-state index contributed by atoms with van der Waals surface area (Å²) in [6, 6.07) is 4.81. The Morgan fingerprint density at radius 1 is 1.36 bits per heavy atom. The molecule has 0 aromatic heterocycles. The van der Waals surface area contributed by atoms with Crippen molar-refractivity contribution in [2.24, 2.45) is 0 Å². The Balaban J connectivity index is 2.50. The number of halogens is 3. The highest BCUT2D eigenvalue weighted by Crippen LogP contribution is 2.22. The Bertz CT molecular complexity index is 465.